The highest BCUT2D eigenvalue weighted by Gasteiger charge is 2.19. The lowest BCUT2D eigenvalue weighted by Gasteiger charge is -2.17. The molecule has 2 rings (SSSR count). The van der Waals surface area contributed by atoms with Crippen molar-refractivity contribution in [1.29, 1.82) is 0 Å². The van der Waals surface area contributed by atoms with Crippen LogP contribution in [0.1, 0.15) is 13.3 Å². The molecule has 0 aliphatic heterocycles. The van der Waals surface area contributed by atoms with Gasteiger partial charge in [0.05, 0.1) is 0 Å². The Morgan fingerprint density at radius 3 is 2.43 bits per heavy atom. The first-order chi connectivity index (χ1) is 10.1. The monoisotopic (exact) mass is 291 g/mol. The van der Waals surface area contributed by atoms with Gasteiger partial charge in [-0.25, -0.2) is 8.78 Å². The van der Waals surface area contributed by atoms with Crippen molar-refractivity contribution < 1.29 is 18.3 Å². The minimum Gasteiger partial charge on any atom is -0.478 e. The molecule has 0 spiro atoms. The van der Waals surface area contributed by atoms with E-state index in [0.29, 0.717) is 12.1 Å². The van der Waals surface area contributed by atoms with Crippen LogP contribution in [0.5, 0.6) is 5.75 Å². The van der Waals surface area contributed by atoms with Gasteiger partial charge in [-0.05, 0) is 42.8 Å². The molecule has 0 aliphatic rings. The number of carbonyl (C=O) groups excluding carboxylic acids is 1. The van der Waals surface area contributed by atoms with E-state index in [1.807, 2.05) is 0 Å². The fraction of sp³-hybridized carbons (Fsp3) is 0.188. The van der Waals surface area contributed by atoms with E-state index >= 15 is 0 Å². The number of carbonyl (C=O) groups is 1. The summed E-state index contributed by atoms with van der Waals surface area (Å²) in [5.74, 6) is -1.29. The number of ether oxygens (including phenoxy) is 1. The molecule has 0 unspecified atom stereocenters. The summed E-state index contributed by atoms with van der Waals surface area (Å²) in [6, 6.07) is 11.3. The lowest BCUT2D eigenvalue weighted by Crippen LogP contribution is -2.32. The van der Waals surface area contributed by atoms with Gasteiger partial charge in [0.25, 0.3) is 5.91 Å². The Bertz CT molecular complexity index is 614. The van der Waals surface area contributed by atoms with E-state index in [-0.39, 0.29) is 11.6 Å². The molecule has 0 fully saturated rings. The first-order valence-electron chi connectivity index (χ1n) is 6.57. The smallest absolute Gasteiger partial charge is 0.265 e. The number of hydrogen-bond donors (Lipinski definition) is 1. The Balaban J connectivity index is 2.05. The minimum absolute atomic E-state index is 0.0265. The molecule has 0 bridgehead atoms. The van der Waals surface area contributed by atoms with Gasteiger partial charge in [-0.3, -0.25) is 4.79 Å². The molecule has 1 amide bonds. The Morgan fingerprint density at radius 2 is 1.81 bits per heavy atom. The highest BCUT2D eigenvalue weighted by Crippen LogP contribution is 2.19. The molecule has 0 radical (unpaired) electrons. The van der Waals surface area contributed by atoms with Crippen LogP contribution in [0.2, 0.25) is 0 Å². The van der Waals surface area contributed by atoms with Gasteiger partial charge in [-0.15, -0.1) is 0 Å². The maximum absolute atomic E-state index is 13.5. The first kappa shape index (κ1) is 15.0. The number of benzene rings is 2. The third kappa shape index (κ3) is 4.02. The number of rotatable bonds is 5. The molecule has 0 heterocycles. The minimum atomic E-state index is -0.827. The van der Waals surface area contributed by atoms with Crippen LogP contribution in [0.4, 0.5) is 14.5 Å². The van der Waals surface area contributed by atoms with E-state index in [9.17, 15) is 13.6 Å². The number of anilines is 1. The van der Waals surface area contributed by atoms with Gasteiger partial charge >= 0.3 is 0 Å². The molecule has 1 atom stereocenters. The second-order valence-electron chi connectivity index (χ2n) is 4.44. The van der Waals surface area contributed by atoms with Gasteiger partial charge in [0, 0.05) is 5.69 Å². The summed E-state index contributed by atoms with van der Waals surface area (Å²) in [6.45, 7) is 1.76. The zero-order valence-electron chi connectivity index (χ0n) is 11.5. The van der Waals surface area contributed by atoms with Crippen molar-refractivity contribution in [2.24, 2.45) is 0 Å². The van der Waals surface area contributed by atoms with Gasteiger partial charge in [0.1, 0.15) is 5.82 Å². The molecular weight excluding hydrogens is 276 g/mol. The average molecular weight is 291 g/mol. The molecule has 21 heavy (non-hydrogen) atoms. The summed E-state index contributed by atoms with van der Waals surface area (Å²) in [5.41, 5.74) is 0.456. The zero-order valence-corrected chi connectivity index (χ0v) is 11.5. The van der Waals surface area contributed by atoms with E-state index < -0.39 is 17.8 Å². The Kier molecular flexibility index (Phi) is 4.87. The van der Waals surface area contributed by atoms with Crippen LogP contribution in [0, 0.1) is 11.6 Å². The predicted molar refractivity (Wildman–Crippen MR) is 76.1 cm³/mol. The van der Waals surface area contributed by atoms with Gasteiger partial charge in [-0.2, -0.15) is 0 Å². The predicted octanol–water partition coefficient (Wildman–Crippen LogP) is 3.76. The quantitative estimate of drug-likeness (QED) is 0.911. The maximum atomic E-state index is 13.5. The number of amides is 1. The van der Waals surface area contributed by atoms with E-state index in [0.717, 1.165) is 0 Å². The summed E-state index contributed by atoms with van der Waals surface area (Å²) < 4.78 is 31.7. The van der Waals surface area contributed by atoms with Crippen molar-refractivity contribution in [1.82, 2.24) is 0 Å². The Labute approximate surface area is 121 Å². The van der Waals surface area contributed by atoms with E-state index in [1.54, 1.807) is 19.1 Å². The van der Waals surface area contributed by atoms with Gasteiger partial charge < -0.3 is 10.1 Å². The number of halogens is 2. The van der Waals surface area contributed by atoms with Crippen molar-refractivity contribution >= 4 is 11.6 Å². The fourth-order valence-corrected chi connectivity index (χ4v) is 1.77. The molecule has 5 heteroatoms. The second-order valence-corrected chi connectivity index (χ2v) is 4.44. The maximum Gasteiger partial charge on any atom is 0.265 e. The first-order valence-corrected chi connectivity index (χ1v) is 6.57. The third-order valence-corrected chi connectivity index (χ3v) is 2.88. The summed E-state index contributed by atoms with van der Waals surface area (Å²) in [5, 5.41) is 2.61. The average Bonchev–Trinajstić information content (AvgIpc) is 2.48. The Morgan fingerprint density at radius 1 is 1.14 bits per heavy atom. The highest BCUT2D eigenvalue weighted by atomic mass is 19.1. The van der Waals surface area contributed by atoms with Crippen LogP contribution in [-0.4, -0.2) is 12.0 Å². The lowest BCUT2D eigenvalue weighted by atomic mass is 10.2. The van der Waals surface area contributed by atoms with Crippen molar-refractivity contribution in [2.45, 2.75) is 19.4 Å². The molecular formula is C16H15F2NO2. The topological polar surface area (TPSA) is 38.3 Å². The van der Waals surface area contributed by atoms with Gasteiger partial charge in [0.15, 0.2) is 17.7 Å². The van der Waals surface area contributed by atoms with Crippen LogP contribution in [0.3, 0.4) is 0 Å². The molecule has 3 nitrogen and oxygen atoms in total. The van der Waals surface area contributed by atoms with Crippen LogP contribution >= 0.6 is 0 Å². The molecule has 0 saturated carbocycles. The zero-order chi connectivity index (χ0) is 15.2. The molecule has 1 N–H and O–H groups in total. The van der Waals surface area contributed by atoms with Gasteiger partial charge in [0.2, 0.25) is 0 Å². The van der Waals surface area contributed by atoms with Gasteiger partial charge in [-0.1, -0.05) is 19.1 Å². The standard InChI is InChI=1S/C16H15F2NO2/c1-2-14(21-15-6-4-3-5-13(15)18)16(20)19-12-9-7-11(17)8-10-12/h3-10,14H,2H2,1H3,(H,19,20)/t14-/m0/s1. The Hall–Kier alpha value is -2.43. The number of hydrogen-bond acceptors (Lipinski definition) is 2. The SMILES string of the molecule is CC[C@H](Oc1ccccc1F)C(=O)Nc1ccc(F)cc1. The lowest BCUT2D eigenvalue weighted by molar-refractivity contribution is -0.122. The normalized spacial score (nSPS) is 11.8. The molecule has 2 aromatic rings. The summed E-state index contributed by atoms with van der Waals surface area (Å²) in [7, 11) is 0. The van der Waals surface area contributed by atoms with Crippen molar-refractivity contribution in [3.8, 4) is 5.75 Å². The van der Waals surface area contributed by atoms with Crippen LogP contribution < -0.4 is 10.1 Å². The molecule has 0 aromatic heterocycles. The van der Waals surface area contributed by atoms with E-state index in [2.05, 4.69) is 5.32 Å². The molecule has 2 aromatic carbocycles. The number of para-hydroxylation sites is 1. The van der Waals surface area contributed by atoms with Crippen LogP contribution in [0.15, 0.2) is 48.5 Å². The molecule has 110 valence electrons. The fourth-order valence-electron chi connectivity index (χ4n) is 1.77. The van der Waals surface area contributed by atoms with Crippen molar-refractivity contribution in [3.05, 3.63) is 60.2 Å². The molecule has 0 saturated heterocycles. The summed E-state index contributed by atoms with van der Waals surface area (Å²) >= 11 is 0. The third-order valence-electron chi connectivity index (χ3n) is 2.88. The van der Waals surface area contributed by atoms with Crippen molar-refractivity contribution in [3.63, 3.8) is 0 Å². The van der Waals surface area contributed by atoms with Crippen LogP contribution in [-0.2, 0) is 4.79 Å². The van der Waals surface area contributed by atoms with E-state index in [1.165, 1.54) is 36.4 Å². The summed E-state index contributed by atoms with van der Waals surface area (Å²) in [6.07, 6.45) is -0.451. The summed E-state index contributed by atoms with van der Waals surface area (Å²) in [4.78, 5) is 12.1. The van der Waals surface area contributed by atoms with E-state index in [4.69, 9.17) is 4.74 Å². The van der Waals surface area contributed by atoms with Crippen LogP contribution in [0.25, 0.3) is 0 Å². The molecule has 0 aliphatic carbocycles. The largest absolute Gasteiger partial charge is 0.478 e. The van der Waals surface area contributed by atoms with Crippen molar-refractivity contribution in [2.75, 3.05) is 5.32 Å². The highest BCUT2D eigenvalue weighted by molar-refractivity contribution is 5.94. The number of nitrogens with one attached hydrogen (secondary N) is 1. The second kappa shape index (κ2) is 6.83.